The molecule has 0 fully saturated rings. The third-order valence-corrected chi connectivity index (χ3v) is 2.22. The van der Waals surface area contributed by atoms with E-state index in [2.05, 4.69) is 29.3 Å². The molecule has 64 valence electrons. The Balaban J connectivity index is 2.45. The molecule has 4 heteroatoms. The molecule has 1 aliphatic carbocycles. The topological polar surface area (TPSA) is 59.9 Å². The van der Waals surface area contributed by atoms with Gasteiger partial charge in [-0.1, -0.05) is 19.1 Å². The highest BCUT2D eigenvalue weighted by molar-refractivity contribution is 5.95. The van der Waals surface area contributed by atoms with Crippen molar-refractivity contribution in [1.29, 1.82) is 0 Å². The Hall–Kier alpha value is -1.19. The maximum absolute atomic E-state index is 11.5. The number of nitrogens with zero attached hydrogens (tertiary/aromatic N) is 1. The fourth-order valence-corrected chi connectivity index (χ4v) is 1.68. The number of ketones is 1. The van der Waals surface area contributed by atoms with E-state index in [1.54, 1.807) is 0 Å². The van der Waals surface area contributed by atoms with Crippen molar-refractivity contribution in [3.63, 3.8) is 0 Å². The lowest BCUT2D eigenvalue weighted by Crippen LogP contribution is -2.30. The van der Waals surface area contributed by atoms with Crippen molar-refractivity contribution in [2.24, 2.45) is 5.41 Å². The van der Waals surface area contributed by atoms with Crippen LogP contribution in [0.5, 0.6) is 0 Å². The highest BCUT2D eigenvalue weighted by atomic mass is 16.1. The van der Waals surface area contributed by atoms with Crippen LogP contribution in [0.4, 0.5) is 0 Å². The fourth-order valence-electron chi connectivity index (χ4n) is 1.68. The summed E-state index contributed by atoms with van der Waals surface area (Å²) in [5, 5.41) is 9.37. The average molecular weight is 166 g/mol. The van der Waals surface area contributed by atoms with Crippen LogP contribution in [-0.4, -0.2) is 16.1 Å². The number of aromatic nitrogens is 3. The minimum atomic E-state index is 0.0626. The molecule has 1 aromatic heterocycles. The number of carbonyl (C=O) groups is 1. The number of nitrogens with one attached hydrogen (secondary N) is 2. The smallest absolute Gasteiger partial charge is 0.236 e. The molecular formula is C8H12N3O+. The van der Waals surface area contributed by atoms with E-state index in [1.807, 2.05) is 0 Å². The Labute approximate surface area is 70.4 Å². The van der Waals surface area contributed by atoms with Gasteiger partial charge in [-0.3, -0.25) is 4.79 Å². The zero-order valence-electron chi connectivity index (χ0n) is 7.27. The van der Waals surface area contributed by atoms with Crippen LogP contribution in [0, 0.1) is 5.41 Å². The summed E-state index contributed by atoms with van der Waals surface area (Å²) in [7, 11) is 0. The summed E-state index contributed by atoms with van der Waals surface area (Å²) in [6.07, 6.45) is 1.48. The standard InChI is InChI=1S/C8H11N3O/c1-8(2)3-5-7(6(12)4-8)10-11-9-5/h3-4H2,1-2H3,(H,9,10,11)/p+1. The molecule has 4 nitrogen and oxygen atoms in total. The van der Waals surface area contributed by atoms with E-state index in [0.29, 0.717) is 12.1 Å². The maximum Gasteiger partial charge on any atom is 0.236 e. The maximum atomic E-state index is 11.5. The summed E-state index contributed by atoms with van der Waals surface area (Å²) in [5.74, 6) is 0.162. The van der Waals surface area contributed by atoms with Gasteiger partial charge in [0.15, 0.2) is 0 Å². The van der Waals surface area contributed by atoms with Gasteiger partial charge in [-0.2, -0.15) is 5.10 Å². The van der Waals surface area contributed by atoms with Gasteiger partial charge in [0.05, 0.1) is 0 Å². The third-order valence-electron chi connectivity index (χ3n) is 2.22. The highest BCUT2D eigenvalue weighted by Gasteiger charge is 2.37. The molecule has 0 aromatic carbocycles. The lowest BCUT2D eigenvalue weighted by molar-refractivity contribution is -0.458. The Kier molecular flexibility index (Phi) is 1.34. The SMILES string of the molecule is CC1(C)CC(=O)c2[nH+][nH]nc2C1. The Morgan fingerprint density at radius 1 is 1.50 bits per heavy atom. The summed E-state index contributed by atoms with van der Waals surface area (Å²) in [6, 6.07) is 0. The molecule has 0 spiro atoms. The van der Waals surface area contributed by atoms with Gasteiger partial charge in [0.1, 0.15) is 0 Å². The molecule has 0 aliphatic heterocycles. The van der Waals surface area contributed by atoms with Gasteiger partial charge in [-0.05, 0) is 5.41 Å². The van der Waals surface area contributed by atoms with Gasteiger partial charge in [-0.25, -0.2) is 0 Å². The van der Waals surface area contributed by atoms with E-state index in [9.17, 15) is 4.79 Å². The van der Waals surface area contributed by atoms with Crippen molar-refractivity contribution in [1.82, 2.24) is 10.3 Å². The molecule has 1 aliphatic rings. The molecule has 0 amide bonds. The first-order valence-electron chi connectivity index (χ1n) is 4.07. The molecule has 1 heterocycles. The molecule has 12 heavy (non-hydrogen) atoms. The fraction of sp³-hybridized carbons (Fsp3) is 0.625. The van der Waals surface area contributed by atoms with Crippen LogP contribution >= 0.6 is 0 Å². The Morgan fingerprint density at radius 3 is 3.00 bits per heavy atom. The molecule has 2 rings (SSSR count). The number of fused-ring (bicyclic) bond motifs is 1. The number of Topliss-reactive ketones (excluding diaryl/α,β-unsaturated/α-hetero) is 1. The summed E-state index contributed by atoms with van der Waals surface area (Å²) in [6.45, 7) is 4.17. The van der Waals surface area contributed by atoms with Crippen LogP contribution < -0.4 is 5.10 Å². The molecule has 0 saturated heterocycles. The van der Waals surface area contributed by atoms with Gasteiger partial charge < -0.3 is 0 Å². The van der Waals surface area contributed by atoms with Crippen molar-refractivity contribution in [3.05, 3.63) is 11.4 Å². The summed E-state index contributed by atoms with van der Waals surface area (Å²) in [5.41, 5.74) is 1.60. The van der Waals surface area contributed by atoms with E-state index in [1.165, 1.54) is 0 Å². The van der Waals surface area contributed by atoms with Crippen LogP contribution in [0.2, 0.25) is 0 Å². The van der Waals surface area contributed by atoms with Crippen LogP contribution in [0.15, 0.2) is 0 Å². The largest absolute Gasteiger partial charge is 0.290 e. The van der Waals surface area contributed by atoms with Crippen molar-refractivity contribution < 1.29 is 9.89 Å². The molecule has 0 unspecified atom stereocenters. The molecule has 1 aromatic rings. The minimum absolute atomic E-state index is 0.0626. The second kappa shape index (κ2) is 2.15. The quantitative estimate of drug-likeness (QED) is 0.605. The third kappa shape index (κ3) is 1.03. The van der Waals surface area contributed by atoms with Crippen molar-refractivity contribution >= 4 is 5.78 Å². The minimum Gasteiger partial charge on any atom is -0.290 e. The van der Waals surface area contributed by atoms with Crippen molar-refractivity contribution in [3.8, 4) is 0 Å². The second-order valence-corrected chi connectivity index (χ2v) is 4.11. The van der Waals surface area contributed by atoms with E-state index in [-0.39, 0.29) is 11.2 Å². The lowest BCUT2D eigenvalue weighted by Gasteiger charge is -2.23. The molecule has 0 saturated carbocycles. The number of H-pyrrole nitrogens is 2. The van der Waals surface area contributed by atoms with Gasteiger partial charge in [0.25, 0.3) is 0 Å². The molecule has 0 atom stereocenters. The van der Waals surface area contributed by atoms with E-state index in [4.69, 9.17) is 0 Å². The van der Waals surface area contributed by atoms with Gasteiger partial charge in [0, 0.05) is 17.9 Å². The predicted molar refractivity (Wildman–Crippen MR) is 41.6 cm³/mol. The average Bonchev–Trinajstić information content (AvgIpc) is 2.31. The monoisotopic (exact) mass is 166 g/mol. The lowest BCUT2D eigenvalue weighted by atomic mass is 9.77. The number of carbonyl (C=O) groups excluding carboxylic acids is 1. The van der Waals surface area contributed by atoms with E-state index in [0.717, 1.165) is 12.1 Å². The summed E-state index contributed by atoms with van der Waals surface area (Å²) < 4.78 is 0. The van der Waals surface area contributed by atoms with Crippen LogP contribution in [0.3, 0.4) is 0 Å². The molecule has 0 radical (unpaired) electrons. The summed E-state index contributed by atoms with van der Waals surface area (Å²) >= 11 is 0. The first-order chi connectivity index (χ1) is 5.58. The van der Waals surface area contributed by atoms with Gasteiger partial charge in [-0.15, -0.1) is 0 Å². The first kappa shape index (κ1) is 7.46. The first-order valence-corrected chi connectivity index (χ1v) is 4.07. The van der Waals surface area contributed by atoms with E-state index >= 15 is 0 Å². The van der Waals surface area contributed by atoms with Crippen molar-refractivity contribution in [2.75, 3.05) is 0 Å². The molecule has 2 N–H and O–H groups in total. The summed E-state index contributed by atoms with van der Waals surface area (Å²) in [4.78, 5) is 11.5. The van der Waals surface area contributed by atoms with Crippen LogP contribution in [-0.2, 0) is 6.42 Å². The Bertz CT molecular complexity index is 327. The number of hydrogen-bond donors (Lipinski definition) is 1. The van der Waals surface area contributed by atoms with Crippen LogP contribution in [0.25, 0.3) is 0 Å². The highest BCUT2D eigenvalue weighted by Crippen LogP contribution is 2.31. The van der Waals surface area contributed by atoms with Gasteiger partial charge in [0.2, 0.25) is 17.2 Å². The van der Waals surface area contributed by atoms with Crippen molar-refractivity contribution in [2.45, 2.75) is 26.7 Å². The second-order valence-electron chi connectivity index (χ2n) is 4.11. The zero-order valence-corrected chi connectivity index (χ0v) is 7.27. The molecular weight excluding hydrogens is 154 g/mol. The van der Waals surface area contributed by atoms with Crippen LogP contribution in [0.1, 0.15) is 36.5 Å². The van der Waals surface area contributed by atoms with E-state index < -0.39 is 0 Å². The zero-order chi connectivity index (χ0) is 8.77. The number of hydrogen-bond acceptors (Lipinski definition) is 2. The normalized spacial score (nSPS) is 20.7. The van der Waals surface area contributed by atoms with Gasteiger partial charge >= 0.3 is 0 Å². The number of aromatic amines is 2. The number of rotatable bonds is 0. The Morgan fingerprint density at radius 2 is 2.25 bits per heavy atom. The molecule has 0 bridgehead atoms. The predicted octanol–water partition coefficient (Wildman–Crippen LogP) is 0.379.